The molecule has 3 aliphatic rings. The fourth-order valence-electron chi connectivity index (χ4n) is 5.59. The highest BCUT2D eigenvalue weighted by Crippen LogP contribution is 2.40. The Hall–Kier alpha value is -1.92. The molecular weight excluding hydrogens is 597 g/mol. The molecule has 0 radical (unpaired) electrons. The zero-order valence-corrected chi connectivity index (χ0v) is 25.1. The molecule has 1 atom stereocenters. The summed E-state index contributed by atoms with van der Waals surface area (Å²) < 4.78 is 34.0. The van der Waals surface area contributed by atoms with Gasteiger partial charge in [0.25, 0.3) is 0 Å². The van der Waals surface area contributed by atoms with Crippen molar-refractivity contribution in [1.29, 1.82) is 0 Å². The fraction of sp³-hybridized carbons (Fsp3) is 0.481. The highest BCUT2D eigenvalue weighted by molar-refractivity contribution is 7.84. The largest absolute Gasteiger partial charge is 0.383 e. The van der Waals surface area contributed by atoms with Gasteiger partial charge in [0.2, 0.25) is 0 Å². The van der Waals surface area contributed by atoms with E-state index in [2.05, 4.69) is 15.2 Å². The van der Waals surface area contributed by atoms with Crippen LogP contribution < -0.4 is 15.2 Å². The molecule has 0 bridgehead atoms. The van der Waals surface area contributed by atoms with Gasteiger partial charge in [0.05, 0.1) is 16.8 Å². The first-order valence-electron chi connectivity index (χ1n) is 13.6. The van der Waals surface area contributed by atoms with E-state index in [1.807, 2.05) is 12.1 Å². The first-order valence-corrected chi connectivity index (χ1v) is 16.2. The normalized spacial score (nSPS) is 21.7. The molecule has 2 aliphatic heterocycles. The summed E-state index contributed by atoms with van der Waals surface area (Å²) >= 11 is 18.8. The molecule has 2 heterocycles. The van der Waals surface area contributed by atoms with Gasteiger partial charge in [-0.1, -0.05) is 71.0 Å². The maximum atomic E-state index is 13.7. The van der Waals surface area contributed by atoms with Crippen LogP contribution in [-0.2, 0) is 19.4 Å². The third-order valence-corrected chi connectivity index (χ3v) is 9.48. The van der Waals surface area contributed by atoms with Crippen LogP contribution in [0.3, 0.4) is 0 Å². The smallest absolute Gasteiger partial charge is 0.263 e. The second kappa shape index (κ2) is 12.5. The van der Waals surface area contributed by atoms with Crippen LogP contribution in [0, 0.1) is 0 Å². The maximum Gasteiger partial charge on any atom is 0.383 e. The molecule has 1 saturated heterocycles. The van der Waals surface area contributed by atoms with E-state index in [9.17, 15) is 13.2 Å². The molecule has 216 valence electrons. The summed E-state index contributed by atoms with van der Waals surface area (Å²) in [6.45, 7) is 0.663. The maximum absolute atomic E-state index is 13.7. The Balaban J connectivity index is 1.39. The third kappa shape index (κ3) is 7.10. The minimum atomic E-state index is -4.11. The van der Waals surface area contributed by atoms with Gasteiger partial charge in [-0.15, -0.1) is 0 Å². The van der Waals surface area contributed by atoms with Crippen molar-refractivity contribution in [3.8, 4) is 0 Å². The van der Waals surface area contributed by atoms with Crippen LogP contribution in [0.25, 0.3) is 0 Å². The lowest BCUT2D eigenvalue weighted by Crippen LogP contribution is -2.65. The highest BCUT2D eigenvalue weighted by Gasteiger charge is 2.43. The second-order valence-electron chi connectivity index (χ2n) is 10.6. The molecular formula is C27H33Cl3N5O4S+. The number of nitrogens with zero attached hydrogens (tertiary/aromatic N) is 3. The van der Waals surface area contributed by atoms with Crippen molar-refractivity contribution >= 4 is 62.4 Å². The lowest BCUT2D eigenvalue weighted by atomic mass is 9.96. The van der Waals surface area contributed by atoms with Crippen LogP contribution in [0.4, 0.5) is 5.69 Å². The van der Waals surface area contributed by atoms with Crippen molar-refractivity contribution < 1.29 is 22.3 Å². The molecule has 5 rings (SSSR count). The predicted octanol–water partition coefficient (Wildman–Crippen LogP) is 6.08. The number of anilines is 1. The van der Waals surface area contributed by atoms with E-state index in [1.165, 1.54) is 0 Å². The van der Waals surface area contributed by atoms with E-state index in [-0.39, 0.29) is 24.2 Å². The number of rotatable bonds is 8. The van der Waals surface area contributed by atoms with Gasteiger partial charge in [0.1, 0.15) is 18.8 Å². The van der Waals surface area contributed by atoms with Gasteiger partial charge in [-0.3, -0.25) is 9.80 Å². The average molecular weight is 630 g/mol. The van der Waals surface area contributed by atoms with Crippen LogP contribution in [0.15, 0.2) is 47.6 Å². The number of piperidine rings is 1. The Kier molecular flexibility index (Phi) is 9.26. The fourth-order valence-corrected chi connectivity index (χ4v) is 7.46. The van der Waals surface area contributed by atoms with Crippen molar-refractivity contribution in [2.45, 2.75) is 69.9 Å². The summed E-state index contributed by atoms with van der Waals surface area (Å²) in [6.07, 6.45) is 7.24. The SMILES string of the molecule is O=C(N[N+]1(OS(=O)(=O)NC2CCCCC2)CCCCC1)C1=NN(c2ccc(Cl)cc2Cl)[C@H](c2ccc(Cl)cc2)C1. The Morgan fingerprint density at radius 2 is 1.57 bits per heavy atom. The highest BCUT2D eigenvalue weighted by atomic mass is 35.5. The second-order valence-corrected chi connectivity index (χ2v) is 13.2. The van der Waals surface area contributed by atoms with E-state index in [0.29, 0.717) is 46.7 Å². The van der Waals surface area contributed by atoms with Crippen molar-refractivity contribution in [3.63, 3.8) is 0 Å². The number of nitrogens with one attached hydrogen (secondary N) is 2. The minimum Gasteiger partial charge on any atom is -0.263 e. The molecule has 2 fully saturated rings. The molecule has 9 nitrogen and oxygen atoms in total. The first-order chi connectivity index (χ1) is 19.1. The Bertz CT molecular complexity index is 1360. The predicted molar refractivity (Wildman–Crippen MR) is 157 cm³/mol. The number of halogens is 3. The monoisotopic (exact) mass is 628 g/mol. The summed E-state index contributed by atoms with van der Waals surface area (Å²) in [5.74, 6) is -0.499. The molecule has 1 aliphatic carbocycles. The van der Waals surface area contributed by atoms with Gasteiger partial charge >= 0.3 is 16.2 Å². The molecule has 0 unspecified atom stereocenters. The zero-order chi connectivity index (χ0) is 28.3. The summed E-state index contributed by atoms with van der Waals surface area (Å²) in [6, 6.07) is 11.9. The standard InChI is InChI=1S/C27H32Cl3N5O4S/c28-20-11-9-19(10-12-20)26-18-24(31-34(26)25-14-13-21(29)17-23(25)30)27(36)32-35(15-5-2-6-16-35)39-40(37,38)33-22-7-3-1-4-8-22/h9-14,17,22,26,33H,1-8,15-16,18H2/p+1/t26-/m0/s1. The van der Waals surface area contributed by atoms with E-state index in [1.54, 1.807) is 35.3 Å². The molecule has 40 heavy (non-hydrogen) atoms. The van der Waals surface area contributed by atoms with Crippen LogP contribution >= 0.6 is 34.8 Å². The first kappa shape index (κ1) is 29.6. The minimum absolute atomic E-state index is 0.156. The summed E-state index contributed by atoms with van der Waals surface area (Å²) in [5, 5.41) is 7.82. The molecule has 0 spiro atoms. The van der Waals surface area contributed by atoms with Crippen molar-refractivity contribution in [1.82, 2.24) is 10.1 Å². The van der Waals surface area contributed by atoms with Crippen LogP contribution in [0.5, 0.6) is 0 Å². The molecule has 1 saturated carbocycles. The average Bonchev–Trinajstić information content (AvgIpc) is 3.35. The lowest BCUT2D eigenvalue weighted by molar-refractivity contribution is -1.11. The molecule has 1 amide bonds. The lowest BCUT2D eigenvalue weighted by Gasteiger charge is -2.36. The number of hydrogen-bond acceptors (Lipinski definition) is 6. The zero-order valence-electron chi connectivity index (χ0n) is 22.0. The van der Waals surface area contributed by atoms with Gasteiger partial charge in [0, 0.05) is 35.3 Å². The quantitative estimate of drug-likeness (QED) is 0.345. The van der Waals surface area contributed by atoms with Crippen LogP contribution in [0.1, 0.15) is 69.4 Å². The van der Waals surface area contributed by atoms with Gasteiger partial charge in [-0.25, -0.2) is 0 Å². The summed E-state index contributed by atoms with van der Waals surface area (Å²) in [5.41, 5.74) is 4.58. The van der Waals surface area contributed by atoms with E-state index in [4.69, 9.17) is 39.1 Å². The van der Waals surface area contributed by atoms with Gasteiger partial charge in [-0.05, 0) is 59.4 Å². The van der Waals surface area contributed by atoms with Gasteiger partial charge in [-0.2, -0.15) is 23.7 Å². The summed E-state index contributed by atoms with van der Waals surface area (Å²) in [7, 11) is -4.11. The molecule has 2 aromatic rings. The number of quaternary nitrogens is 1. The number of amides is 1. The number of carbonyl (C=O) groups excluding carboxylic acids is 1. The number of benzene rings is 2. The number of hydroxylamine groups is 2. The molecule has 2 aromatic carbocycles. The summed E-state index contributed by atoms with van der Waals surface area (Å²) in [4.78, 5) is 13.7. The third-order valence-electron chi connectivity index (χ3n) is 7.58. The topological polar surface area (TPSA) is 100 Å². The van der Waals surface area contributed by atoms with Gasteiger partial charge < -0.3 is 0 Å². The van der Waals surface area contributed by atoms with E-state index < -0.39 is 21.0 Å². The van der Waals surface area contributed by atoms with E-state index in [0.717, 1.165) is 44.1 Å². The van der Waals surface area contributed by atoms with Crippen molar-refractivity contribution in [2.24, 2.45) is 5.10 Å². The van der Waals surface area contributed by atoms with Crippen LogP contribution in [0.2, 0.25) is 15.1 Å². The van der Waals surface area contributed by atoms with Gasteiger partial charge in [0.15, 0.2) is 0 Å². The Morgan fingerprint density at radius 1 is 0.925 bits per heavy atom. The van der Waals surface area contributed by atoms with Crippen molar-refractivity contribution in [3.05, 3.63) is 63.1 Å². The molecule has 0 aromatic heterocycles. The van der Waals surface area contributed by atoms with Crippen molar-refractivity contribution in [2.75, 3.05) is 18.1 Å². The number of hydrazone groups is 1. The van der Waals surface area contributed by atoms with Crippen LogP contribution in [-0.4, -0.2) is 43.9 Å². The van der Waals surface area contributed by atoms with E-state index >= 15 is 0 Å². The molecule has 2 N–H and O–H groups in total. The number of hydrogen-bond donors (Lipinski definition) is 2. The molecule has 13 heteroatoms. The Morgan fingerprint density at radius 3 is 2.25 bits per heavy atom. The Labute approximate surface area is 250 Å². The number of carbonyl (C=O) groups is 1.